The van der Waals surface area contributed by atoms with E-state index in [2.05, 4.69) is 10.6 Å². The maximum atomic E-state index is 13.4. The lowest BCUT2D eigenvalue weighted by molar-refractivity contribution is -0.142. The fraction of sp³-hybridized carbons (Fsp3) is 0.267. The van der Waals surface area contributed by atoms with E-state index >= 15 is 0 Å². The van der Waals surface area contributed by atoms with Crippen molar-refractivity contribution < 1.29 is 19.1 Å². The molecule has 0 bridgehead atoms. The normalized spacial score (nSPS) is 12.4. The molecule has 0 saturated carbocycles. The van der Waals surface area contributed by atoms with Gasteiger partial charge in [-0.05, 0) is 18.1 Å². The van der Waals surface area contributed by atoms with E-state index in [0.717, 1.165) is 6.20 Å². The largest absolute Gasteiger partial charge is 0.480 e. The Bertz CT molecular complexity index is 635. The van der Waals surface area contributed by atoms with Crippen molar-refractivity contribution in [1.29, 1.82) is 5.26 Å². The van der Waals surface area contributed by atoms with Crippen molar-refractivity contribution in [2.75, 3.05) is 5.32 Å². The molecule has 0 aliphatic rings. The highest BCUT2D eigenvalue weighted by Crippen LogP contribution is 2.13. The Morgan fingerprint density at radius 2 is 2.00 bits per heavy atom. The summed E-state index contributed by atoms with van der Waals surface area (Å²) in [6.45, 7) is 3.26. The molecule has 0 aromatic heterocycles. The van der Waals surface area contributed by atoms with E-state index in [1.165, 1.54) is 18.2 Å². The summed E-state index contributed by atoms with van der Waals surface area (Å²) in [7, 11) is 0. The van der Waals surface area contributed by atoms with Gasteiger partial charge in [0.25, 0.3) is 5.91 Å². The molecule has 1 aromatic carbocycles. The van der Waals surface area contributed by atoms with Crippen molar-refractivity contribution in [3.05, 3.63) is 41.9 Å². The van der Waals surface area contributed by atoms with Gasteiger partial charge in [-0.15, -0.1) is 0 Å². The van der Waals surface area contributed by atoms with E-state index in [0.29, 0.717) is 0 Å². The minimum absolute atomic E-state index is 0.0988. The zero-order valence-corrected chi connectivity index (χ0v) is 12.1. The summed E-state index contributed by atoms with van der Waals surface area (Å²) in [5.41, 5.74) is -0.253. The summed E-state index contributed by atoms with van der Waals surface area (Å²) >= 11 is 0. The molecule has 3 N–H and O–H groups in total. The van der Waals surface area contributed by atoms with E-state index in [4.69, 9.17) is 10.4 Å². The number of carbonyl (C=O) groups excluding carboxylic acids is 1. The molecule has 0 aliphatic heterocycles. The third-order valence-electron chi connectivity index (χ3n) is 2.83. The Morgan fingerprint density at radius 3 is 2.50 bits per heavy atom. The Balaban J connectivity index is 2.85. The number of nitrogens with zero attached hydrogens (tertiary/aromatic N) is 1. The monoisotopic (exact) mass is 305 g/mol. The zero-order valence-electron chi connectivity index (χ0n) is 12.1. The van der Waals surface area contributed by atoms with Gasteiger partial charge in [-0.3, -0.25) is 4.79 Å². The maximum absolute atomic E-state index is 13.4. The van der Waals surface area contributed by atoms with Crippen LogP contribution < -0.4 is 10.6 Å². The summed E-state index contributed by atoms with van der Waals surface area (Å²) in [5, 5.41) is 22.7. The molecule has 7 heteroatoms. The van der Waals surface area contributed by atoms with Crippen molar-refractivity contribution in [1.82, 2.24) is 5.32 Å². The van der Waals surface area contributed by atoms with Gasteiger partial charge in [-0.25, -0.2) is 9.18 Å². The maximum Gasteiger partial charge on any atom is 0.326 e. The standard InChI is InChI=1S/C15H16FN3O3/c1-9(2)13(15(21)22)19-14(20)10(7-17)8-18-12-6-4-3-5-11(12)16/h3-6,8-9,13,18H,1-2H3,(H,19,20)(H,21,22)/b10-8-. The van der Waals surface area contributed by atoms with Crippen LogP contribution in [-0.2, 0) is 9.59 Å². The lowest BCUT2D eigenvalue weighted by Crippen LogP contribution is -2.44. The van der Waals surface area contributed by atoms with Crippen LogP contribution in [0, 0.1) is 23.1 Å². The van der Waals surface area contributed by atoms with E-state index in [1.807, 2.05) is 0 Å². The highest BCUT2D eigenvalue weighted by atomic mass is 19.1. The quantitative estimate of drug-likeness (QED) is 0.550. The summed E-state index contributed by atoms with van der Waals surface area (Å²) in [4.78, 5) is 22.9. The molecule has 1 unspecified atom stereocenters. The molecule has 0 fully saturated rings. The number of aliphatic carboxylic acids is 1. The molecule has 22 heavy (non-hydrogen) atoms. The van der Waals surface area contributed by atoms with Crippen LogP contribution in [-0.4, -0.2) is 23.0 Å². The Hall–Kier alpha value is -2.88. The molecule has 6 nitrogen and oxygen atoms in total. The number of amides is 1. The van der Waals surface area contributed by atoms with Crippen molar-refractivity contribution in [3.63, 3.8) is 0 Å². The number of hydrogen-bond donors (Lipinski definition) is 3. The van der Waals surface area contributed by atoms with Crippen molar-refractivity contribution in [2.45, 2.75) is 19.9 Å². The zero-order chi connectivity index (χ0) is 16.7. The van der Waals surface area contributed by atoms with E-state index in [9.17, 15) is 14.0 Å². The SMILES string of the molecule is CC(C)C(NC(=O)/C(C#N)=C\Nc1ccccc1F)C(=O)O. The molecule has 1 aromatic rings. The average Bonchev–Trinajstić information content (AvgIpc) is 2.46. The number of nitriles is 1. The number of rotatable bonds is 6. The highest BCUT2D eigenvalue weighted by molar-refractivity contribution is 5.99. The van der Waals surface area contributed by atoms with Crippen LogP contribution in [0.15, 0.2) is 36.0 Å². The number of hydrogen-bond acceptors (Lipinski definition) is 4. The first-order valence-electron chi connectivity index (χ1n) is 6.51. The summed E-state index contributed by atoms with van der Waals surface area (Å²) in [6, 6.07) is 6.28. The lowest BCUT2D eigenvalue weighted by Gasteiger charge is -2.17. The first-order valence-corrected chi connectivity index (χ1v) is 6.51. The minimum Gasteiger partial charge on any atom is -0.480 e. The van der Waals surface area contributed by atoms with Gasteiger partial charge in [0.2, 0.25) is 0 Å². The molecule has 1 amide bonds. The van der Waals surface area contributed by atoms with E-state index < -0.39 is 23.7 Å². The molecular weight excluding hydrogens is 289 g/mol. The second-order valence-corrected chi connectivity index (χ2v) is 4.83. The number of halogens is 1. The van der Waals surface area contributed by atoms with Gasteiger partial charge in [-0.2, -0.15) is 5.26 Å². The molecule has 0 aliphatic carbocycles. The number of para-hydroxylation sites is 1. The van der Waals surface area contributed by atoms with Gasteiger partial charge in [0, 0.05) is 6.20 Å². The third kappa shape index (κ3) is 4.59. The van der Waals surface area contributed by atoms with Gasteiger partial charge in [0.15, 0.2) is 0 Å². The van der Waals surface area contributed by atoms with Gasteiger partial charge >= 0.3 is 5.97 Å². The van der Waals surface area contributed by atoms with Crippen LogP contribution in [0.25, 0.3) is 0 Å². The molecule has 0 heterocycles. The Morgan fingerprint density at radius 1 is 1.36 bits per heavy atom. The van der Waals surface area contributed by atoms with Crippen LogP contribution in [0.4, 0.5) is 10.1 Å². The first kappa shape index (κ1) is 17.2. The molecule has 116 valence electrons. The Kier molecular flexibility index (Phi) is 6.08. The van der Waals surface area contributed by atoms with Crippen LogP contribution >= 0.6 is 0 Å². The number of carboxylic acids is 1. The van der Waals surface area contributed by atoms with Crippen LogP contribution in [0.3, 0.4) is 0 Å². The number of carboxylic acid groups (broad SMARTS) is 1. The van der Waals surface area contributed by atoms with Gasteiger partial charge in [0.05, 0.1) is 5.69 Å². The Labute approximate surface area is 127 Å². The summed E-state index contributed by atoms with van der Waals surface area (Å²) < 4.78 is 13.4. The van der Waals surface area contributed by atoms with Gasteiger partial charge < -0.3 is 15.7 Å². The van der Waals surface area contributed by atoms with Crippen molar-refractivity contribution in [3.8, 4) is 6.07 Å². The van der Waals surface area contributed by atoms with Crippen LogP contribution in [0.5, 0.6) is 0 Å². The minimum atomic E-state index is -1.19. The number of benzene rings is 1. The smallest absolute Gasteiger partial charge is 0.326 e. The van der Waals surface area contributed by atoms with Crippen LogP contribution in [0.2, 0.25) is 0 Å². The molecular formula is C15H16FN3O3. The molecule has 0 spiro atoms. The van der Waals surface area contributed by atoms with Crippen molar-refractivity contribution in [2.24, 2.45) is 5.92 Å². The second-order valence-electron chi connectivity index (χ2n) is 4.83. The van der Waals surface area contributed by atoms with Crippen LogP contribution in [0.1, 0.15) is 13.8 Å². The number of anilines is 1. The highest BCUT2D eigenvalue weighted by Gasteiger charge is 2.24. The predicted octanol–water partition coefficient (Wildman–Crippen LogP) is 1.87. The number of carbonyl (C=O) groups is 2. The third-order valence-corrected chi connectivity index (χ3v) is 2.83. The fourth-order valence-electron chi connectivity index (χ4n) is 1.61. The van der Waals surface area contributed by atoms with E-state index in [1.54, 1.807) is 26.0 Å². The topological polar surface area (TPSA) is 102 Å². The number of nitrogens with one attached hydrogen (secondary N) is 2. The molecule has 0 radical (unpaired) electrons. The first-order chi connectivity index (χ1) is 10.4. The van der Waals surface area contributed by atoms with Crippen molar-refractivity contribution >= 4 is 17.6 Å². The summed E-state index contributed by atoms with van der Waals surface area (Å²) in [5.74, 6) is -2.92. The lowest BCUT2D eigenvalue weighted by atomic mass is 10.0. The molecule has 1 rings (SSSR count). The molecule has 0 saturated heterocycles. The average molecular weight is 305 g/mol. The van der Waals surface area contributed by atoms with Gasteiger partial charge in [0.1, 0.15) is 23.5 Å². The van der Waals surface area contributed by atoms with Gasteiger partial charge in [-0.1, -0.05) is 26.0 Å². The fourth-order valence-corrected chi connectivity index (χ4v) is 1.61. The summed E-state index contributed by atoms with van der Waals surface area (Å²) in [6.07, 6.45) is 1.03. The predicted molar refractivity (Wildman–Crippen MR) is 78.1 cm³/mol. The van der Waals surface area contributed by atoms with E-state index in [-0.39, 0.29) is 17.2 Å². The molecule has 1 atom stereocenters. The second kappa shape index (κ2) is 7.78.